The first-order chi connectivity index (χ1) is 17.0. The number of aliphatic hydroxyl groups is 3. The number of benzene rings is 1. The molecule has 1 unspecified atom stereocenters. The number of piperidine rings is 1. The molecule has 10 nitrogen and oxygen atoms in total. The predicted molar refractivity (Wildman–Crippen MR) is 130 cm³/mol. The fraction of sp³-hybridized carbons (Fsp3) is 0.500. The lowest BCUT2D eigenvalue weighted by atomic mass is 9.58. The molecule has 6 N–H and O–H groups in total. The smallest absolute Gasteiger partial charge is 0.255 e. The van der Waals surface area contributed by atoms with Crippen LogP contribution in [0, 0.1) is 11.8 Å². The van der Waals surface area contributed by atoms with Crippen LogP contribution in [0.3, 0.4) is 0 Å². The van der Waals surface area contributed by atoms with E-state index >= 15 is 0 Å². The summed E-state index contributed by atoms with van der Waals surface area (Å²) in [5.74, 6) is -6.30. The van der Waals surface area contributed by atoms with Crippen molar-refractivity contribution in [2.75, 3.05) is 32.1 Å². The van der Waals surface area contributed by atoms with Crippen molar-refractivity contribution in [1.29, 1.82) is 0 Å². The molecule has 1 aromatic rings. The number of carbonyl (C=O) groups excluding carboxylic acids is 3. The Hall–Kier alpha value is -3.37. The highest BCUT2D eigenvalue weighted by Crippen LogP contribution is 2.52. The van der Waals surface area contributed by atoms with Gasteiger partial charge in [0.05, 0.1) is 17.3 Å². The molecule has 1 aliphatic heterocycles. The number of primary amides is 1. The minimum Gasteiger partial charge on any atom is -0.510 e. The number of rotatable bonds is 3. The Labute approximate surface area is 208 Å². The molecule has 5 rings (SSSR count). The SMILES string of the molecule is CN(C)C1C(O)=C(C(N)=O)C(=O)[C@]2(O)C(O)=C3C(=O)c4c(ccc(N5CCCCC5)c4O)C[C@H]3C[C@@H]12. The van der Waals surface area contributed by atoms with Gasteiger partial charge in [0, 0.05) is 24.6 Å². The molecule has 0 saturated carbocycles. The molecule has 0 bridgehead atoms. The Bertz CT molecular complexity index is 1240. The minimum atomic E-state index is -2.62. The molecular formula is C26H31N3O7. The Morgan fingerprint density at radius 2 is 1.78 bits per heavy atom. The predicted octanol–water partition coefficient (Wildman–Crippen LogP) is 1.11. The molecule has 0 spiro atoms. The maximum Gasteiger partial charge on any atom is 0.255 e. The van der Waals surface area contributed by atoms with Crippen molar-refractivity contribution in [3.8, 4) is 5.75 Å². The molecule has 1 amide bonds. The van der Waals surface area contributed by atoms with Crippen molar-refractivity contribution in [2.24, 2.45) is 17.6 Å². The minimum absolute atomic E-state index is 0.0545. The molecule has 1 saturated heterocycles. The molecule has 36 heavy (non-hydrogen) atoms. The van der Waals surface area contributed by atoms with E-state index in [0.29, 0.717) is 17.7 Å². The molecule has 0 aromatic heterocycles. The molecule has 10 heteroatoms. The summed E-state index contributed by atoms with van der Waals surface area (Å²) in [6.07, 6.45) is 3.43. The summed E-state index contributed by atoms with van der Waals surface area (Å²) < 4.78 is 0. The van der Waals surface area contributed by atoms with Gasteiger partial charge < -0.3 is 31.1 Å². The van der Waals surface area contributed by atoms with E-state index in [0.717, 1.165) is 32.4 Å². The number of ketones is 2. The summed E-state index contributed by atoms with van der Waals surface area (Å²) >= 11 is 0. The molecule has 1 heterocycles. The highest BCUT2D eigenvalue weighted by atomic mass is 16.3. The number of phenols is 1. The van der Waals surface area contributed by atoms with Gasteiger partial charge in [-0.3, -0.25) is 19.3 Å². The number of anilines is 1. The normalized spacial score (nSPS) is 30.3. The van der Waals surface area contributed by atoms with Crippen molar-refractivity contribution in [2.45, 2.75) is 43.7 Å². The van der Waals surface area contributed by atoms with Crippen molar-refractivity contribution in [1.82, 2.24) is 4.90 Å². The van der Waals surface area contributed by atoms with Crippen molar-refractivity contribution in [3.63, 3.8) is 0 Å². The second-order valence-corrected chi connectivity index (χ2v) is 10.5. The van der Waals surface area contributed by atoms with E-state index in [-0.39, 0.29) is 23.3 Å². The highest BCUT2D eigenvalue weighted by Gasteiger charge is 2.63. The number of amides is 1. The molecule has 4 atom stereocenters. The summed E-state index contributed by atoms with van der Waals surface area (Å²) in [4.78, 5) is 42.7. The first-order valence-corrected chi connectivity index (χ1v) is 12.2. The van der Waals surface area contributed by atoms with E-state index < -0.39 is 58.0 Å². The maximum atomic E-state index is 13.8. The van der Waals surface area contributed by atoms with Crippen LogP contribution in [-0.2, 0) is 16.0 Å². The van der Waals surface area contributed by atoms with Gasteiger partial charge in [0.25, 0.3) is 5.91 Å². The van der Waals surface area contributed by atoms with Crippen LogP contribution in [0.15, 0.2) is 34.8 Å². The third-order valence-electron chi connectivity index (χ3n) is 8.27. The number of fused-ring (bicyclic) bond motifs is 3. The Morgan fingerprint density at radius 1 is 1.11 bits per heavy atom. The van der Waals surface area contributed by atoms with Crippen molar-refractivity contribution < 1.29 is 34.8 Å². The Morgan fingerprint density at radius 3 is 2.39 bits per heavy atom. The number of allylic oxidation sites excluding steroid dienone is 1. The number of aliphatic hydroxyl groups excluding tert-OH is 2. The summed E-state index contributed by atoms with van der Waals surface area (Å²) in [6.45, 7) is 1.51. The van der Waals surface area contributed by atoms with Gasteiger partial charge in [0.15, 0.2) is 11.4 Å². The van der Waals surface area contributed by atoms with Crippen LogP contribution in [0.5, 0.6) is 5.75 Å². The lowest BCUT2D eigenvalue weighted by Crippen LogP contribution is -2.63. The van der Waals surface area contributed by atoms with Crippen LogP contribution in [-0.4, -0.2) is 81.6 Å². The molecule has 1 fully saturated rings. The largest absolute Gasteiger partial charge is 0.510 e. The zero-order chi connectivity index (χ0) is 26.1. The lowest BCUT2D eigenvalue weighted by molar-refractivity contribution is -0.148. The molecule has 192 valence electrons. The van der Waals surface area contributed by atoms with Crippen LogP contribution < -0.4 is 10.6 Å². The monoisotopic (exact) mass is 497 g/mol. The van der Waals surface area contributed by atoms with Crippen LogP contribution in [0.1, 0.15) is 41.6 Å². The Kier molecular flexibility index (Phi) is 5.64. The second kappa shape index (κ2) is 8.35. The van der Waals surface area contributed by atoms with E-state index in [1.165, 1.54) is 4.90 Å². The van der Waals surface area contributed by atoms with Gasteiger partial charge in [0.1, 0.15) is 22.8 Å². The molecule has 0 radical (unpaired) electrons. The third-order valence-corrected chi connectivity index (χ3v) is 8.27. The van der Waals surface area contributed by atoms with Crippen LogP contribution in [0.2, 0.25) is 0 Å². The fourth-order valence-electron chi connectivity index (χ4n) is 6.60. The number of nitrogens with zero attached hydrogens (tertiary/aromatic N) is 2. The second-order valence-electron chi connectivity index (χ2n) is 10.5. The summed E-state index contributed by atoms with van der Waals surface area (Å²) in [7, 11) is 3.21. The number of likely N-dealkylation sites (N-methyl/N-ethyl adjacent to an activating group) is 1. The number of phenolic OH excluding ortho intramolecular Hbond substituents is 1. The fourth-order valence-corrected chi connectivity index (χ4v) is 6.60. The highest BCUT2D eigenvalue weighted by molar-refractivity contribution is 6.24. The van der Waals surface area contributed by atoms with Crippen LogP contribution >= 0.6 is 0 Å². The van der Waals surface area contributed by atoms with Gasteiger partial charge in [-0.25, -0.2) is 0 Å². The van der Waals surface area contributed by atoms with Gasteiger partial charge in [-0.15, -0.1) is 0 Å². The maximum absolute atomic E-state index is 13.8. The average Bonchev–Trinajstić information content (AvgIpc) is 2.81. The number of aromatic hydroxyl groups is 1. The van der Waals surface area contributed by atoms with Gasteiger partial charge in [-0.1, -0.05) is 6.07 Å². The molecule has 4 aliphatic rings. The number of Topliss-reactive ketones (excluding diaryl/α,β-unsaturated/α-hetero) is 2. The van der Waals surface area contributed by atoms with Gasteiger partial charge in [-0.2, -0.15) is 0 Å². The number of hydrogen-bond acceptors (Lipinski definition) is 9. The number of nitrogens with two attached hydrogens (primary N) is 1. The lowest BCUT2D eigenvalue weighted by Gasteiger charge is -2.50. The zero-order valence-corrected chi connectivity index (χ0v) is 20.3. The Balaban J connectivity index is 1.66. The van der Waals surface area contributed by atoms with Gasteiger partial charge in [-0.05, 0) is 63.7 Å². The molecule has 3 aliphatic carbocycles. The molecule has 1 aromatic carbocycles. The standard InChI is InChI=1S/C26H31N3O7/c1-28(2)19-14-11-13-10-12-6-7-15(29-8-4-3-5-9-29)20(30)16(12)21(31)17(13)23(33)26(14,36)24(34)18(22(19)32)25(27)35/h6-7,13-14,19,30,32-33,36H,3-5,8-11H2,1-2H3,(H2,27,35)/t13-,14-,19?,26+/m0/s1. The topological polar surface area (TPSA) is 165 Å². The van der Waals surface area contributed by atoms with E-state index in [2.05, 4.69) is 0 Å². The first-order valence-electron chi connectivity index (χ1n) is 12.2. The van der Waals surface area contributed by atoms with Gasteiger partial charge >= 0.3 is 0 Å². The van der Waals surface area contributed by atoms with Crippen LogP contribution in [0.25, 0.3) is 0 Å². The number of hydrogen-bond donors (Lipinski definition) is 5. The first kappa shape index (κ1) is 24.3. The summed E-state index contributed by atoms with van der Waals surface area (Å²) in [5, 5.41) is 44.9. The third kappa shape index (κ3) is 3.20. The average molecular weight is 498 g/mol. The van der Waals surface area contributed by atoms with E-state index in [4.69, 9.17) is 5.73 Å². The van der Waals surface area contributed by atoms with E-state index in [1.807, 2.05) is 11.0 Å². The van der Waals surface area contributed by atoms with Crippen LogP contribution in [0.4, 0.5) is 5.69 Å². The van der Waals surface area contributed by atoms with Gasteiger partial charge in [0.2, 0.25) is 5.78 Å². The van der Waals surface area contributed by atoms with Crippen molar-refractivity contribution >= 4 is 23.2 Å². The van der Waals surface area contributed by atoms with E-state index in [9.17, 15) is 34.8 Å². The quantitative estimate of drug-likeness (QED) is 0.385. The summed E-state index contributed by atoms with van der Waals surface area (Å²) in [6, 6.07) is 2.62. The van der Waals surface area contributed by atoms with Crippen molar-refractivity contribution in [3.05, 3.63) is 45.9 Å². The zero-order valence-electron chi connectivity index (χ0n) is 20.3. The summed E-state index contributed by atoms with van der Waals surface area (Å²) in [5.41, 5.74) is 3.00. The molecular weight excluding hydrogens is 466 g/mol. The van der Waals surface area contributed by atoms with E-state index in [1.54, 1.807) is 20.2 Å². The number of carbonyl (C=O) groups is 3.